The van der Waals surface area contributed by atoms with Gasteiger partial charge in [-0.05, 0) is 37.3 Å². The predicted molar refractivity (Wildman–Crippen MR) is 103 cm³/mol. The summed E-state index contributed by atoms with van der Waals surface area (Å²) in [6, 6.07) is 4.35. The van der Waals surface area contributed by atoms with Gasteiger partial charge < -0.3 is 14.3 Å². The van der Waals surface area contributed by atoms with Crippen molar-refractivity contribution in [3.63, 3.8) is 0 Å². The van der Waals surface area contributed by atoms with E-state index in [2.05, 4.69) is 25.0 Å². The summed E-state index contributed by atoms with van der Waals surface area (Å²) < 4.78 is 11.4. The van der Waals surface area contributed by atoms with Crippen LogP contribution < -0.4 is 0 Å². The standard InChI is InChI=1S/C20H29N5O3/c26-10-2-4-17-14-24(7-5-18(17)25-8-11-27-12-9-25)15-19-22-23-20(28-19)16-3-1-6-21-13-16/h1,3,6,13,17-18,26H,2,4-5,7-12,14-15H2/t17-,18+/m1/s1. The molecule has 0 amide bonds. The van der Waals surface area contributed by atoms with Gasteiger partial charge in [0.25, 0.3) is 0 Å². The normalized spacial score (nSPS) is 24.5. The molecule has 2 aliphatic rings. The van der Waals surface area contributed by atoms with Crippen molar-refractivity contribution in [2.75, 3.05) is 46.0 Å². The van der Waals surface area contributed by atoms with Crippen LogP contribution in [0.2, 0.25) is 0 Å². The number of hydrogen-bond donors (Lipinski definition) is 1. The first kappa shape index (κ1) is 19.4. The topological polar surface area (TPSA) is 87.8 Å². The number of nitrogens with zero attached hydrogens (tertiary/aromatic N) is 5. The first-order valence-electron chi connectivity index (χ1n) is 10.2. The Labute approximate surface area is 165 Å². The number of morpholine rings is 1. The van der Waals surface area contributed by atoms with E-state index >= 15 is 0 Å². The van der Waals surface area contributed by atoms with Crippen molar-refractivity contribution in [3.8, 4) is 11.5 Å². The highest BCUT2D eigenvalue weighted by Crippen LogP contribution is 2.28. The van der Waals surface area contributed by atoms with E-state index < -0.39 is 0 Å². The lowest BCUT2D eigenvalue weighted by atomic mass is 9.87. The van der Waals surface area contributed by atoms with Gasteiger partial charge in [0.2, 0.25) is 11.8 Å². The molecule has 2 aromatic heterocycles. The molecule has 4 rings (SSSR count). The first-order valence-corrected chi connectivity index (χ1v) is 10.2. The number of aliphatic hydroxyl groups is 1. The lowest BCUT2D eigenvalue weighted by Crippen LogP contribution is -2.53. The van der Waals surface area contributed by atoms with E-state index in [1.54, 1.807) is 12.4 Å². The van der Waals surface area contributed by atoms with E-state index in [0.29, 0.717) is 30.3 Å². The molecule has 28 heavy (non-hydrogen) atoms. The Kier molecular flexibility index (Phi) is 6.64. The van der Waals surface area contributed by atoms with Gasteiger partial charge in [-0.3, -0.25) is 14.8 Å². The molecule has 0 bridgehead atoms. The van der Waals surface area contributed by atoms with Gasteiger partial charge in [-0.1, -0.05) is 0 Å². The fourth-order valence-corrected chi connectivity index (χ4v) is 4.38. The van der Waals surface area contributed by atoms with E-state index in [0.717, 1.165) is 64.2 Å². The highest BCUT2D eigenvalue weighted by molar-refractivity contribution is 5.49. The van der Waals surface area contributed by atoms with Crippen LogP contribution in [0.1, 0.15) is 25.2 Å². The maximum Gasteiger partial charge on any atom is 0.249 e. The van der Waals surface area contributed by atoms with Crippen molar-refractivity contribution in [3.05, 3.63) is 30.4 Å². The van der Waals surface area contributed by atoms with Gasteiger partial charge in [0.05, 0.1) is 25.3 Å². The molecule has 0 radical (unpaired) electrons. The largest absolute Gasteiger partial charge is 0.419 e. The van der Waals surface area contributed by atoms with Gasteiger partial charge in [-0.15, -0.1) is 10.2 Å². The lowest BCUT2D eigenvalue weighted by molar-refractivity contribution is -0.0240. The highest BCUT2D eigenvalue weighted by Gasteiger charge is 2.34. The molecule has 152 valence electrons. The molecule has 2 fully saturated rings. The highest BCUT2D eigenvalue weighted by atomic mass is 16.5. The summed E-state index contributed by atoms with van der Waals surface area (Å²) >= 11 is 0. The molecule has 2 atom stereocenters. The van der Waals surface area contributed by atoms with Crippen molar-refractivity contribution in [2.45, 2.75) is 31.8 Å². The molecule has 8 heteroatoms. The summed E-state index contributed by atoms with van der Waals surface area (Å²) in [5, 5.41) is 17.7. The van der Waals surface area contributed by atoms with Gasteiger partial charge >= 0.3 is 0 Å². The molecule has 8 nitrogen and oxygen atoms in total. The monoisotopic (exact) mass is 387 g/mol. The van der Waals surface area contributed by atoms with Crippen LogP contribution in [-0.2, 0) is 11.3 Å². The Morgan fingerprint density at radius 1 is 1.18 bits per heavy atom. The van der Waals surface area contributed by atoms with E-state index in [1.807, 2.05) is 12.1 Å². The van der Waals surface area contributed by atoms with E-state index in [1.165, 1.54) is 0 Å². The van der Waals surface area contributed by atoms with Crippen LogP contribution in [-0.4, -0.2) is 82.1 Å². The summed E-state index contributed by atoms with van der Waals surface area (Å²) in [7, 11) is 0. The second kappa shape index (κ2) is 9.56. The minimum Gasteiger partial charge on any atom is -0.419 e. The molecule has 2 aromatic rings. The molecule has 0 saturated carbocycles. The third-order valence-electron chi connectivity index (χ3n) is 5.76. The van der Waals surface area contributed by atoms with Crippen molar-refractivity contribution in [2.24, 2.45) is 5.92 Å². The zero-order valence-corrected chi connectivity index (χ0v) is 16.2. The van der Waals surface area contributed by atoms with Crippen LogP contribution >= 0.6 is 0 Å². The maximum atomic E-state index is 9.32. The Hall–Kier alpha value is -1.87. The zero-order valence-electron chi connectivity index (χ0n) is 16.2. The van der Waals surface area contributed by atoms with Crippen LogP contribution in [0, 0.1) is 5.92 Å². The smallest absolute Gasteiger partial charge is 0.249 e. The van der Waals surface area contributed by atoms with Gasteiger partial charge in [-0.25, -0.2) is 0 Å². The Morgan fingerprint density at radius 3 is 2.86 bits per heavy atom. The average molecular weight is 387 g/mol. The minimum atomic E-state index is 0.254. The second-order valence-corrected chi connectivity index (χ2v) is 7.61. The number of pyridine rings is 1. The molecule has 4 heterocycles. The number of piperidine rings is 1. The summed E-state index contributed by atoms with van der Waals surface area (Å²) in [4.78, 5) is 9.09. The van der Waals surface area contributed by atoms with E-state index in [9.17, 15) is 5.11 Å². The quantitative estimate of drug-likeness (QED) is 0.763. The van der Waals surface area contributed by atoms with Gasteiger partial charge in [0.15, 0.2) is 0 Å². The summed E-state index contributed by atoms with van der Waals surface area (Å²) in [6.07, 6.45) is 6.48. The minimum absolute atomic E-state index is 0.254. The molecule has 2 saturated heterocycles. The number of rotatable bonds is 7. The number of ether oxygens (including phenoxy) is 1. The van der Waals surface area contributed by atoms with Crippen molar-refractivity contribution in [1.29, 1.82) is 0 Å². The number of aliphatic hydroxyl groups excluding tert-OH is 1. The van der Waals surface area contributed by atoms with Gasteiger partial charge in [0.1, 0.15) is 0 Å². The third kappa shape index (κ3) is 4.75. The van der Waals surface area contributed by atoms with Crippen LogP contribution in [0.4, 0.5) is 0 Å². The Balaban J connectivity index is 1.38. The third-order valence-corrected chi connectivity index (χ3v) is 5.76. The maximum absolute atomic E-state index is 9.32. The summed E-state index contributed by atoms with van der Waals surface area (Å²) in [5.74, 6) is 1.70. The average Bonchev–Trinajstić information content (AvgIpc) is 3.22. The summed E-state index contributed by atoms with van der Waals surface area (Å²) in [5.41, 5.74) is 0.841. The Bertz CT molecular complexity index is 720. The van der Waals surface area contributed by atoms with E-state index in [4.69, 9.17) is 9.15 Å². The zero-order chi connectivity index (χ0) is 19.2. The molecular formula is C20H29N5O3. The molecule has 0 aromatic carbocycles. The number of aromatic nitrogens is 3. The van der Waals surface area contributed by atoms with Gasteiger partial charge in [0, 0.05) is 51.2 Å². The van der Waals surface area contributed by atoms with Crippen LogP contribution in [0.5, 0.6) is 0 Å². The second-order valence-electron chi connectivity index (χ2n) is 7.61. The summed E-state index contributed by atoms with van der Waals surface area (Å²) in [6.45, 7) is 6.60. The van der Waals surface area contributed by atoms with Crippen LogP contribution in [0.25, 0.3) is 11.5 Å². The van der Waals surface area contributed by atoms with Gasteiger partial charge in [-0.2, -0.15) is 0 Å². The fraction of sp³-hybridized carbons (Fsp3) is 0.650. The fourth-order valence-electron chi connectivity index (χ4n) is 4.38. The van der Waals surface area contributed by atoms with Crippen molar-refractivity contribution >= 4 is 0 Å². The SMILES string of the molecule is OCCC[C@@H]1CN(Cc2nnc(-c3cccnc3)o2)CC[C@@H]1N1CCOCC1. The van der Waals surface area contributed by atoms with Crippen LogP contribution in [0.15, 0.2) is 28.9 Å². The molecule has 1 N–H and O–H groups in total. The number of hydrogen-bond acceptors (Lipinski definition) is 8. The molecular weight excluding hydrogens is 358 g/mol. The van der Waals surface area contributed by atoms with Crippen LogP contribution in [0.3, 0.4) is 0 Å². The molecule has 0 aliphatic carbocycles. The molecule has 0 spiro atoms. The predicted octanol–water partition coefficient (Wildman–Crippen LogP) is 1.43. The first-order chi connectivity index (χ1) is 13.8. The van der Waals surface area contributed by atoms with Crippen molar-refractivity contribution in [1.82, 2.24) is 25.0 Å². The molecule has 2 aliphatic heterocycles. The Morgan fingerprint density at radius 2 is 2.07 bits per heavy atom. The lowest BCUT2D eigenvalue weighted by Gasteiger charge is -2.45. The molecule has 0 unspecified atom stereocenters. The van der Waals surface area contributed by atoms with E-state index in [-0.39, 0.29) is 6.61 Å². The van der Waals surface area contributed by atoms with Crippen molar-refractivity contribution < 1.29 is 14.3 Å². The number of likely N-dealkylation sites (tertiary alicyclic amines) is 1.